The number of carbonyl (C=O) groups is 2. The molecule has 2 fully saturated rings. The molecule has 0 radical (unpaired) electrons. The summed E-state index contributed by atoms with van der Waals surface area (Å²) in [5.41, 5.74) is 5.32. The van der Waals surface area contributed by atoms with Crippen LogP contribution in [0.5, 0.6) is 0 Å². The molecule has 0 bridgehead atoms. The van der Waals surface area contributed by atoms with Crippen LogP contribution in [0.4, 0.5) is 0 Å². The Kier molecular flexibility index (Phi) is 4.68. The second-order valence-corrected chi connectivity index (χ2v) is 6.61. The van der Waals surface area contributed by atoms with Crippen molar-refractivity contribution in [1.29, 1.82) is 0 Å². The van der Waals surface area contributed by atoms with E-state index in [4.69, 9.17) is 5.73 Å². The zero-order chi connectivity index (χ0) is 14.8. The minimum absolute atomic E-state index is 0.0382. The van der Waals surface area contributed by atoms with Gasteiger partial charge in [0, 0.05) is 26.1 Å². The zero-order valence-electron chi connectivity index (χ0n) is 12.7. The van der Waals surface area contributed by atoms with E-state index in [0.717, 1.165) is 32.1 Å². The van der Waals surface area contributed by atoms with Gasteiger partial charge in [-0.25, -0.2) is 0 Å². The van der Waals surface area contributed by atoms with Gasteiger partial charge in [-0.05, 0) is 45.1 Å². The van der Waals surface area contributed by atoms with Gasteiger partial charge in [-0.1, -0.05) is 6.42 Å². The van der Waals surface area contributed by atoms with E-state index in [2.05, 4.69) is 5.32 Å². The highest BCUT2D eigenvalue weighted by Gasteiger charge is 2.43. The van der Waals surface area contributed by atoms with Crippen molar-refractivity contribution in [3.8, 4) is 0 Å². The minimum atomic E-state index is -0.424. The molecule has 1 saturated carbocycles. The molecule has 20 heavy (non-hydrogen) atoms. The highest BCUT2D eigenvalue weighted by molar-refractivity contribution is 5.85. The lowest BCUT2D eigenvalue weighted by atomic mass is 9.80. The van der Waals surface area contributed by atoms with Crippen LogP contribution in [0, 0.1) is 17.3 Å². The second kappa shape index (κ2) is 6.12. The molecule has 1 aliphatic carbocycles. The fourth-order valence-electron chi connectivity index (χ4n) is 3.62. The first-order chi connectivity index (χ1) is 9.50. The maximum Gasteiger partial charge on any atom is 0.227 e. The fraction of sp³-hybridized carbons (Fsp3) is 0.867. The topological polar surface area (TPSA) is 75.4 Å². The van der Waals surface area contributed by atoms with Crippen LogP contribution in [0.15, 0.2) is 0 Å². The summed E-state index contributed by atoms with van der Waals surface area (Å²) < 4.78 is 0. The second-order valence-electron chi connectivity index (χ2n) is 6.61. The van der Waals surface area contributed by atoms with Crippen LogP contribution in [0.25, 0.3) is 0 Å². The van der Waals surface area contributed by atoms with E-state index in [9.17, 15) is 9.59 Å². The first-order valence-electron chi connectivity index (χ1n) is 7.71. The third-order valence-corrected chi connectivity index (χ3v) is 5.03. The molecular formula is C15H27N3O2. The average Bonchev–Trinajstić information content (AvgIpc) is 2.89. The lowest BCUT2D eigenvalue weighted by Crippen LogP contribution is -2.42. The Morgan fingerprint density at radius 2 is 2.15 bits per heavy atom. The lowest BCUT2D eigenvalue weighted by Gasteiger charge is -2.31. The van der Waals surface area contributed by atoms with Crippen molar-refractivity contribution < 1.29 is 9.59 Å². The number of nitrogens with zero attached hydrogens (tertiary/aromatic N) is 1. The summed E-state index contributed by atoms with van der Waals surface area (Å²) in [7, 11) is 1.66. The molecule has 1 heterocycles. The maximum absolute atomic E-state index is 12.6. The van der Waals surface area contributed by atoms with Crippen molar-refractivity contribution in [3.05, 3.63) is 0 Å². The quantitative estimate of drug-likeness (QED) is 0.801. The normalized spacial score (nSPS) is 34.0. The number of amides is 2. The predicted octanol–water partition coefficient (Wildman–Crippen LogP) is 0.736. The maximum atomic E-state index is 12.6. The Morgan fingerprint density at radius 1 is 1.40 bits per heavy atom. The molecule has 114 valence electrons. The van der Waals surface area contributed by atoms with Gasteiger partial charge in [-0.3, -0.25) is 9.59 Å². The Bertz CT molecular complexity index is 385. The van der Waals surface area contributed by atoms with Crippen LogP contribution in [0.3, 0.4) is 0 Å². The van der Waals surface area contributed by atoms with Crippen LogP contribution >= 0.6 is 0 Å². The van der Waals surface area contributed by atoms with Gasteiger partial charge >= 0.3 is 0 Å². The molecule has 2 amide bonds. The number of nitrogens with one attached hydrogen (secondary N) is 1. The molecule has 3 N–H and O–H groups in total. The monoisotopic (exact) mass is 281 g/mol. The van der Waals surface area contributed by atoms with Crippen molar-refractivity contribution in [3.63, 3.8) is 0 Å². The van der Waals surface area contributed by atoms with Gasteiger partial charge in [0.15, 0.2) is 0 Å². The summed E-state index contributed by atoms with van der Waals surface area (Å²) in [6, 6.07) is 0. The molecule has 3 atom stereocenters. The van der Waals surface area contributed by atoms with Crippen molar-refractivity contribution in [2.75, 3.05) is 26.7 Å². The number of rotatable bonds is 3. The van der Waals surface area contributed by atoms with Gasteiger partial charge in [-0.15, -0.1) is 0 Å². The van der Waals surface area contributed by atoms with Crippen molar-refractivity contribution in [2.24, 2.45) is 23.0 Å². The smallest absolute Gasteiger partial charge is 0.227 e. The first kappa shape index (κ1) is 15.3. The molecule has 2 rings (SSSR count). The summed E-state index contributed by atoms with van der Waals surface area (Å²) in [6.07, 6.45) is 4.89. The van der Waals surface area contributed by atoms with E-state index >= 15 is 0 Å². The first-order valence-corrected chi connectivity index (χ1v) is 7.71. The third kappa shape index (κ3) is 2.97. The molecule has 0 aromatic carbocycles. The van der Waals surface area contributed by atoms with E-state index in [1.165, 1.54) is 0 Å². The predicted molar refractivity (Wildman–Crippen MR) is 77.9 cm³/mol. The van der Waals surface area contributed by atoms with Crippen LogP contribution in [0.2, 0.25) is 0 Å². The number of hydrogen-bond donors (Lipinski definition) is 2. The summed E-state index contributed by atoms with van der Waals surface area (Å²) in [5.74, 6) is 0.877. The number of hydrogen-bond acceptors (Lipinski definition) is 3. The van der Waals surface area contributed by atoms with E-state index in [0.29, 0.717) is 25.6 Å². The summed E-state index contributed by atoms with van der Waals surface area (Å²) in [5, 5.41) is 2.71. The van der Waals surface area contributed by atoms with Crippen molar-refractivity contribution in [2.45, 2.75) is 39.0 Å². The van der Waals surface area contributed by atoms with Crippen LogP contribution in [0.1, 0.15) is 39.0 Å². The molecule has 0 aromatic heterocycles. The van der Waals surface area contributed by atoms with E-state index in [-0.39, 0.29) is 17.7 Å². The summed E-state index contributed by atoms with van der Waals surface area (Å²) >= 11 is 0. The van der Waals surface area contributed by atoms with E-state index in [1.54, 1.807) is 7.05 Å². The summed E-state index contributed by atoms with van der Waals surface area (Å²) in [4.78, 5) is 26.4. The standard InChI is InChI=1S/C15H27N3O2/c1-15(14(20)17-2)6-7-18(10-15)13(19)12-5-3-4-11(8-12)9-16/h11-12H,3-10,16H2,1-2H3,(H,17,20). The van der Waals surface area contributed by atoms with Gasteiger partial charge in [0.05, 0.1) is 5.41 Å². The van der Waals surface area contributed by atoms with Gasteiger partial charge in [0.1, 0.15) is 0 Å². The minimum Gasteiger partial charge on any atom is -0.359 e. The molecule has 0 aromatic rings. The number of carbonyl (C=O) groups excluding carboxylic acids is 2. The molecule has 0 spiro atoms. The Hall–Kier alpha value is -1.10. The highest BCUT2D eigenvalue weighted by Crippen LogP contribution is 2.34. The van der Waals surface area contributed by atoms with Gasteiger partial charge in [0.2, 0.25) is 11.8 Å². The molecule has 5 nitrogen and oxygen atoms in total. The Balaban J connectivity index is 1.96. The largest absolute Gasteiger partial charge is 0.359 e. The van der Waals surface area contributed by atoms with E-state index < -0.39 is 5.41 Å². The van der Waals surface area contributed by atoms with Crippen LogP contribution in [-0.4, -0.2) is 43.4 Å². The lowest BCUT2D eigenvalue weighted by molar-refractivity contribution is -0.137. The molecule has 5 heteroatoms. The van der Waals surface area contributed by atoms with Crippen LogP contribution < -0.4 is 11.1 Å². The Morgan fingerprint density at radius 3 is 2.80 bits per heavy atom. The zero-order valence-corrected chi connectivity index (χ0v) is 12.7. The molecule has 1 saturated heterocycles. The molecule has 3 unspecified atom stereocenters. The third-order valence-electron chi connectivity index (χ3n) is 5.03. The molecular weight excluding hydrogens is 254 g/mol. The molecule has 1 aliphatic heterocycles. The van der Waals surface area contributed by atoms with Crippen molar-refractivity contribution >= 4 is 11.8 Å². The fourth-order valence-corrected chi connectivity index (χ4v) is 3.62. The number of nitrogens with two attached hydrogens (primary N) is 1. The highest BCUT2D eigenvalue weighted by atomic mass is 16.2. The SMILES string of the molecule is CNC(=O)C1(C)CCN(C(=O)C2CCCC(CN)C2)C1. The van der Waals surface area contributed by atoms with E-state index in [1.807, 2.05) is 11.8 Å². The molecule has 2 aliphatic rings. The van der Waals surface area contributed by atoms with Gasteiger partial charge < -0.3 is 16.0 Å². The number of likely N-dealkylation sites (tertiary alicyclic amines) is 1. The average molecular weight is 281 g/mol. The van der Waals surface area contributed by atoms with Crippen molar-refractivity contribution in [1.82, 2.24) is 10.2 Å². The van der Waals surface area contributed by atoms with Crippen LogP contribution in [-0.2, 0) is 9.59 Å². The van der Waals surface area contributed by atoms with Gasteiger partial charge in [0.25, 0.3) is 0 Å². The summed E-state index contributed by atoms with van der Waals surface area (Å²) in [6.45, 7) is 3.88. The Labute approximate surface area is 121 Å². The van der Waals surface area contributed by atoms with Gasteiger partial charge in [-0.2, -0.15) is 0 Å².